The molecule has 282 valence electrons. The molecule has 0 aliphatic heterocycles. The third kappa shape index (κ3) is 12.6. The van der Waals surface area contributed by atoms with Crippen LogP contribution in [0.4, 0.5) is 15.3 Å². The average Bonchev–Trinajstić information content (AvgIpc) is 3.08. The molecule has 12 heteroatoms. The quantitative estimate of drug-likeness (QED) is 0.126. The first kappa shape index (κ1) is 41.3. The van der Waals surface area contributed by atoms with E-state index in [9.17, 15) is 24.3 Å². The summed E-state index contributed by atoms with van der Waals surface area (Å²) in [6.07, 6.45) is -2.01. The Hall–Kier alpha value is -5.10. The molecule has 3 rings (SSSR count). The fraction of sp³-hybridized carbons (Fsp3) is 0.450. The summed E-state index contributed by atoms with van der Waals surface area (Å²) in [4.78, 5) is 52.1. The van der Waals surface area contributed by atoms with Crippen LogP contribution in [0.25, 0.3) is 11.1 Å². The Balaban J connectivity index is 1.97. The number of ether oxygens (including phenoxy) is 2. The molecule has 0 heterocycles. The van der Waals surface area contributed by atoms with E-state index in [1.165, 1.54) is 14.2 Å². The molecule has 3 aromatic carbocycles. The Morgan fingerprint density at radius 1 is 0.654 bits per heavy atom. The van der Waals surface area contributed by atoms with Crippen LogP contribution in [0.1, 0.15) is 59.1 Å². The molecule has 0 bridgehead atoms. The summed E-state index contributed by atoms with van der Waals surface area (Å²) in [5.41, 5.74) is 8.93. The molecule has 0 radical (unpaired) electrons. The van der Waals surface area contributed by atoms with Crippen LogP contribution in [0, 0.1) is 10.8 Å². The molecule has 3 aromatic rings. The molecule has 0 saturated heterocycles. The first-order chi connectivity index (χ1) is 24.4. The number of methoxy groups -OCH3 is 2. The fourth-order valence-electron chi connectivity index (χ4n) is 5.89. The van der Waals surface area contributed by atoms with Gasteiger partial charge in [-0.05, 0) is 64.5 Å². The number of anilines is 1. The summed E-state index contributed by atoms with van der Waals surface area (Å²) in [5.74, 6) is -0.948. The van der Waals surface area contributed by atoms with Gasteiger partial charge < -0.3 is 41.6 Å². The van der Waals surface area contributed by atoms with Gasteiger partial charge in [-0.3, -0.25) is 9.59 Å². The average molecular weight is 718 g/mol. The Morgan fingerprint density at radius 2 is 1.17 bits per heavy atom. The minimum absolute atomic E-state index is 0.0483. The second-order valence-electron chi connectivity index (χ2n) is 15.2. The predicted octanol–water partition coefficient (Wildman–Crippen LogP) is 4.98. The molecule has 0 aliphatic rings. The van der Waals surface area contributed by atoms with Crippen molar-refractivity contribution in [1.82, 2.24) is 21.3 Å². The van der Waals surface area contributed by atoms with Gasteiger partial charge in [0.2, 0.25) is 11.8 Å². The summed E-state index contributed by atoms with van der Waals surface area (Å²) in [6.45, 7) is 10.9. The van der Waals surface area contributed by atoms with E-state index in [1.54, 1.807) is 0 Å². The summed E-state index contributed by atoms with van der Waals surface area (Å²) < 4.78 is 9.57. The number of nitrogens with one attached hydrogen (secondary N) is 4. The third-order valence-electron chi connectivity index (χ3n) is 8.77. The third-order valence-corrected chi connectivity index (χ3v) is 8.77. The lowest BCUT2D eigenvalue weighted by molar-refractivity contribution is -0.128. The standard InChI is InChI=1S/C40H55N5O7/c1-39(2,3)33(44-37(49)51-7)35(47)42-30(21-25-13-10-9-11-14-25)24-32(46)31(43-36(48)34(40(4,5)6)45-38(50)52-8)22-26-17-19-27(20-18-26)28-15-12-16-29(41)23-28/h9-20,23,30-34,46H,21-22,24,41H2,1-8H3,(H,42,47)(H,43,48)(H,44,49)(H,45,50)/t30-,31-,32-,33+,34+/m0/s1. The monoisotopic (exact) mass is 717 g/mol. The van der Waals surface area contributed by atoms with Crippen molar-refractivity contribution in [3.05, 3.63) is 90.0 Å². The first-order valence-electron chi connectivity index (χ1n) is 17.4. The number of alkyl carbamates (subject to hydrolysis) is 2. The van der Waals surface area contributed by atoms with Crippen molar-refractivity contribution in [3.63, 3.8) is 0 Å². The zero-order chi connectivity index (χ0) is 38.6. The number of benzene rings is 3. The summed E-state index contributed by atoms with van der Waals surface area (Å²) in [6, 6.07) is 21.4. The Labute approximate surface area is 307 Å². The molecule has 0 aliphatic carbocycles. The normalized spacial score (nSPS) is 14.5. The van der Waals surface area contributed by atoms with E-state index in [-0.39, 0.29) is 12.8 Å². The molecule has 5 atom stereocenters. The van der Waals surface area contributed by atoms with Gasteiger partial charge in [0.15, 0.2) is 0 Å². The second-order valence-corrected chi connectivity index (χ2v) is 15.2. The minimum atomic E-state index is -1.16. The van der Waals surface area contributed by atoms with Crippen molar-refractivity contribution >= 4 is 29.7 Å². The van der Waals surface area contributed by atoms with Crippen LogP contribution in [0.15, 0.2) is 78.9 Å². The second kappa shape index (κ2) is 18.4. The molecule has 4 amide bonds. The topological polar surface area (TPSA) is 181 Å². The summed E-state index contributed by atoms with van der Waals surface area (Å²) in [5, 5.41) is 23.3. The highest BCUT2D eigenvalue weighted by Gasteiger charge is 2.37. The smallest absolute Gasteiger partial charge is 0.407 e. The van der Waals surface area contributed by atoms with Gasteiger partial charge in [0.25, 0.3) is 0 Å². The van der Waals surface area contributed by atoms with Crippen molar-refractivity contribution < 1.29 is 33.8 Å². The van der Waals surface area contributed by atoms with E-state index >= 15 is 0 Å². The van der Waals surface area contributed by atoms with Gasteiger partial charge in [0.05, 0.1) is 26.4 Å². The number of hydrogen-bond acceptors (Lipinski definition) is 8. The highest BCUT2D eigenvalue weighted by atomic mass is 16.5. The van der Waals surface area contributed by atoms with E-state index in [0.717, 1.165) is 22.3 Å². The molecule has 0 saturated carbocycles. The maximum atomic E-state index is 13.9. The highest BCUT2D eigenvalue weighted by molar-refractivity contribution is 5.87. The van der Waals surface area contributed by atoms with Crippen LogP contribution in [0.3, 0.4) is 0 Å². The predicted molar refractivity (Wildman–Crippen MR) is 202 cm³/mol. The van der Waals surface area contributed by atoms with Crippen LogP contribution in [-0.4, -0.2) is 73.6 Å². The van der Waals surface area contributed by atoms with E-state index in [0.29, 0.717) is 12.1 Å². The van der Waals surface area contributed by atoms with E-state index < -0.39 is 65.1 Å². The number of nitrogen functional groups attached to an aromatic ring is 1. The summed E-state index contributed by atoms with van der Waals surface area (Å²) in [7, 11) is 2.45. The molecule has 0 spiro atoms. The van der Waals surface area contributed by atoms with E-state index in [4.69, 9.17) is 15.2 Å². The minimum Gasteiger partial charge on any atom is -0.453 e. The largest absolute Gasteiger partial charge is 0.453 e. The SMILES string of the molecule is COC(=O)N[C@H](C(=O)N[C@@H](Cc1ccccc1)C[C@H](O)[C@H](Cc1ccc(-c2cccc(N)c2)cc1)NC(=O)[C@@H](NC(=O)OC)C(C)(C)C)C(C)(C)C. The number of nitrogens with two attached hydrogens (primary N) is 1. The molecular weight excluding hydrogens is 662 g/mol. The van der Waals surface area contributed by atoms with Gasteiger partial charge in [0.1, 0.15) is 12.1 Å². The lowest BCUT2D eigenvalue weighted by Crippen LogP contribution is -2.59. The van der Waals surface area contributed by atoms with Crippen molar-refractivity contribution in [3.8, 4) is 11.1 Å². The molecule has 12 nitrogen and oxygen atoms in total. The van der Waals surface area contributed by atoms with Crippen molar-refractivity contribution in [2.75, 3.05) is 20.0 Å². The maximum absolute atomic E-state index is 13.9. The van der Waals surface area contributed by atoms with Crippen molar-refractivity contribution in [1.29, 1.82) is 0 Å². The number of amides is 4. The number of aliphatic hydroxyl groups is 1. The van der Waals surface area contributed by atoms with Gasteiger partial charge in [-0.2, -0.15) is 0 Å². The zero-order valence-corrected chi connectivity index (χ0v) is 31.5. The zero-order valence-electron chi connectivity index (χ0n) is 31.5. The van der Waals surface area contributed by atoms with Crippen molar-refractivity contribution in [2.24, 2.45) is 10.8 Å². The van der Waals surface area contributed by atoms with Gasteiger partial charge in [0, 0.05) is 11.7 Å². The Bertz CT molecular complexity index is 1630. The molecule has 52 heavy (non-hydrogen) atoms. The van der Waals surface area contributed by atoms with Gasteiger partial charge >= 0.3 is 12.2 Å². The van der Waals surface area contributed by atoms with Crippen LogP contribution < -0.4 is 27.0 Å². The van der Waals surface area contributed by atoms with Gasteiger partial charge in [-0.1, -0.05) is 108 Å². The molecule has 7 N–H and O–H groups in total. The molecule has 0 fully saturated rings. The number of rotatable bonds is 14. The number of carbonyl (C=O) groups excluding carboxylic acids is 4. The lowest BCUT2D eigenvalue weighted by atomic mass is 9.85. The lowest BCUT2D eigenvalue weighted by Gasteiger charge is -2.34. The van der Waals surface area contributed by atoms with Crippen LogP contribution >= 0.6 is 0 Å². The van der Waals surface area contributed by atoms with Crippen LogP contribution in [-0.2, 0) is 31.9 Å². The number of aliphatic hydroxyl groups excluding tert-OH is 1. The Morgan fingerprint density at radius 3 is 1.67 bits per heavy atom. The number of carbonyl (C=O) groups is 4. The Kier molecular flexibility index (Phi) is 14.6. The maximum Gasteiger partial charge on any atom is 0.407 e. The molecule has 0 aromatic heterocycles. The van der Waals surface area contributed by atoms with E-state index in [2.05, 4.69) is 21.3 Å². The molecular formula is C40H55N5O7. The summed E-state index contributed by atoms with van der Waals surface area (Å²) >= 11 is 0. The van der Waals surface area contributed by atoms with E-state index in [1.807, 2.05) is 120 Å². The van der Waals surface area contributed by atoms with Gasteiger partial charge in [-0.25, -0.2) is 9.59 Å². The fourth-order valence-corrected chi connectivity index (χ4v) is 5.89. The van der Waals surface area contributed by atoms with Gasteiger partial charge in [-0.15, -0.1) is 0 Å². The van der Waals surface area contributed by atoms with Crippen LogP contribution in [0.2, 0.25) is 0 Å². The number of hydrogen-bond donors (Lipinski definition) is 6. The highest BCUT2D eigenvalue weighted by Crippen LogP contribution is 2.25. The first-order valence-corrected chi connectivity index (χ1v) is 17.4. The van der Waals surface area contributed by atoms with Crippen LogP contribution in [0.5, 0.6) is 0 Å². The van der Waals surface area contributed by atoms with Crippen molar-refractivity contribution in [2.45, 2.75) is 91.1 Å². The molecule has 0 unspecified atom stereocenters.